The molecule has 116 valence electrons. The molecule has 23 heavy (non-hydrogen) atoms. The van der Waals surface area contributed by atoms with E-state index in [-0.39, 0.29) is 11.6 Å². The highest BCUT2D eigenvalue weighted by Crippen LogP contribution is 2.18. The monoisotopic (exact) mass is 317 g/mol. The third-order valence-electron chi connectivity index (χ3n) is 2.83. The van der Waals surface area contributed by atoms with Crippen LogP contribution in [0.2, 0.25) is 0 Å². The van der Waals surface area contributed by atoms with E-state index >= 15 is 0 Å². The number of nitrogens with one attached hydrogen (secondary N) is 2. The van der Waals surface area contributed by atoms with Crippen LogP contribution in [0.5, 0.6) is 0 Å². The van der Waals surface area contributed by atoms with E-state index in [1.54, 1.807) is 12.1 Å². The molecule has 3 aromatic rings. The summed E-state index contributed by atoms with van der Waals surface area (Å²) in [6, 6.07) is 9.13. The predicted octanol–water partition coefficient (Wildman–Crippen LogP) is 3.78. The molecule has 2 aromatic carbocycles. The van der Waals surface area contributed by atoms with Crippen molar-refractivity contribution in [2.45, 2.75) is 0 Å². The van der Waals surface area contributed by atoms with Crippen molar-refractivity contribution in [2.24, 2.45) is 0 Å². The van der Waals surface area contributed by atoms with Crippen molar-refractivity contribution in [3.05, 3.63) is 66.1 Å². The maximum absolute atomic E-state index is 13.2. The van der Waals surface area contributed by atoms with Gasteiger partial charge in [0, 0.05) is 17.4 Å². The molecule has 0 saturated carbocycles. The largest absolute Gasteiger partial charge is 0.339 e. The van der Waals surface area contributed by atoms with Crippen molar-refractivity contribution in [1.82, 2.24) is 15.2 Å². The zero-order chi connectivity index (χ0) is 16.2. The second kappa shape index (κ2) is 6.30. The smallest absolute Gasteiger partial charge is 0.249 e. The minimum Gasteiger partial charge on any atom is -0.339 e. The molecule has 0 aliphatic carbocycles. The van der Waals surface area contributed by atoms with Crippen molar-refractivity contribution >= 4 is 23.1 Å². The third kappa shape index (κ3) is 3.73. The van der Waals surface area contributed by atoms with Gasteiger partial charge < -0.3 is 10.6 Å². The second-order valence-corrected chi connectivity index (χ2v) is 4.55. The van der Waals surface area contributed by atoms with E-state index in [1.807, 2.05) is 0 Å². The van der Waals surface area contributed by atoms with E-state index in [2.05, 4.69) is 25.8 Å². The van der Waals surface area contributed by atoms with Crippen molar-refractivity contribution in [3.63, 3.8) is 0 Å². The molecule has 1 heterocycles. The van der Waals surface area contributed by atoms with Gasteiger partial charge in [0.05, 0.1) is 6.20 Å². The van der Waals surface area contributed by atoms with Gasteiger partial charge in [-0.2, -0.15) is 10.1 Å². The fraction of sp³-hybridized carbons (Fsp3) is 0. The lowest BCUT2D eigenvalue weighted by molar-refractivity contribution is 0.509. The average molecular weight is 317 g/mol. The first-order valence-electron chi connectivity index (χ1n) is 6.54. The number of rotatable bonds is 4. The van der Waals surface area contributed by atoms with Gasteiger partial charge in [0.15, 0.2) is 17.5 Å². The Labute approximate surface area is 129 Å². The molecule has 0 atom stereocenters. The molecule has 0 bridgehead atoms. The number of nitrogens with zero attached hydrogens (tertiary/aromatic N) is 3. The summed E-state index contributed by atoms with van der Waals surface area (Å²) in [5.41, 5.74) is 0.762. The molecule has 0 aliphatic rings. The molecule has 0 unspecified atom stereocenters. The van der Waals surface area contributed by atoms with Crippen LogP contribution in [-0.4, -0.2) is 15.2 Å². The molecule has 0 fully saturated rings. The van der Waals surface area contributed by atoms with Gasteiger partial charge in [-0.25, -0.2) is 13.2 Å². The lowest BCUT2D eigenvalue weighted by Crippen LogP contribution is -2.03. The Hall–Kier alpha value is -3.16. The molecule has 8 heteroatoms. The summed E-state index contributed by atoms with van der Waals surface area (Å²) in [6.07, 6.45) is 1.35. The van der Waals surface area contributed by atoms with Gasteiger partial charge in [0.25, 0.3) is 0 Å². The molecular formula is C15H10F3N5. The maximum atomic E-state index is 13.2. The first-order chi connectivity index (χ1) is 11.1. The number of anilines is 4. The molecule has 0 aliphatic heterocycles. The number of halogens is 3. The summed E-state index contributed by atoms with van der Waals surface area (Å²) in [4.78, 5) is 4.11. The van der Waals surface area contributed by atoms with Gasteiger partial charge in [-0.1, -0.05) is 6.07 Å². The normalized spacial score (nSPS) is 10.4. The van der Waals surface area contributed by atoms with E-state index in [4.69, 9.17) is 0 Å². The number of benzene rings is 2. The first kappa shape index (κ1) is 14.8. The van der Waals surface area contributed by atoms with Crippen LogP contribution in [0.4, 0.5) is 36.3 Å². The van der Waals surface area contributed by atoms with Crippen LogP contribution in [0, 0.1) is 17.5 Å². The van der Waals surface area contributed by atoms with Crippen LogP contribution in [-0.2, 0) is 0 Å². The van der Waals surface area contributed by atoms with Crippen LogP contribution in [0.3, 0.4) is 0 Å². The van der Waals surface area contributed by atoms with E-state index in [0.717, 1.165) is 12.1 Å². The standard InChI is InChI=1S/C15H10F3N5/c16-9-2-1-3-10(6-9)20-14-8-19-23-15(22-14)21-11-4-5-12(17)13(18)7-11/h1-8H,(H2,20,21,22,23). The Kier molecular flexibility index (Phi) is 4.05. The first-order valence-corrected chi connectivity index (χ1v) is 6.54. The van der Waals surface area contributed by atoms with Gasteiger partial charge in [-0.15, -0.1) is 5.10 Å². The Balaban J connectivity index is 1.78. The predicted molar refractivity (Wildman–Crippen MR) is 79.2 cm³/mol. The Morgan fingerprint density at radius 2 is 1.65 bits per heavy atom. The summed E-state index contributed by atoms with van der Waals surface area (Å²) in [5, 5.41) is 13.1. The van der Waals surface area contributed by atoms with E-state index in [1.165, 1.54) is 24.4 Å². The van der Waals surface area contributed by atoms with Crippen LogP contribution < -0.4 is 10.6 Å². The molecule has 5 nitrogen and oxygen atoms in total. The average Bonchev–Trinajstić information content (AvgIpc) is 2.51. The van der Waals surface area contributed by atoms with Crippen LogP contribution in [0.25, 0.3) is 0 Å². The highest BCUT2D eigenvalue weighted by atomic mass is 19.2. The molecule has 0 saturated heterocycles. The summed E-state index contributed by atoms with van der Waals surface area (Å²) in [6.45, 7) is 0. The van der Waals surface area contributed by atoms with Crippen LogP contribution >= 0.6 is 0 Å². The zero-order valence-electron chi connectivity index (χ0n) is 11.6. The highest BCUT2D eigenvalue weighted by molar-refractivity contribution is 5.58. The zero-order valence-corrected chi connectivity index (χ0v) is 11.6. The van der Waals surface area contributed by atoms with E-state index in [9.17, 15) is 13.2 Å². The Morgan fingerprint density at radius 3 is 2.43 bits per heavy atom. The third-order valence-corrected chi connectivity index (χ3v) is 2.83. The molecular weight excluding hydrogens is 307 g/mol. The van der Waals surface area contributed by atoms with Gasteiger partial charge in [0.1, 0.15) is 5.82 Å². The molecule has 2 N–H and O–H groups in total. The Morgan fingerprint density at radius 1 is 0.826 bits per heavy atom. The highest BCUT2D eigenvalue weighted by Gasteiger charge is 2.06. The summed E-state index contributed by atoms with van der Waals surface area (Å²) in [7, 11) is 0. The van der Waals surface area contributed by atoms with Gasteiger partial charge >= 0.3 is 0 Å². The minimum absolute atomic E-state index is 0.0809. The topological polar surface area (TPSA) is 62.7 Å². The number of hydrogen-bond donors (Lipinski definition) is 2. The van der Waals surface area contributed by atoms with Crippen LogP contribution in [0.15, 0.2) is 48.7 Å². The summed E-state index contributed by atoms with van der Waals surface area (Å²) >= 11 is 0. The Bertz CT molecular complexity index is 841. The molecule has 1 aromatic heterocycles. The fourth-order valence-corrected chi connectivity index (χ4v) is 1.83. The van der Waals surface area contributed by atoms with E-state index in [0.29, 0.717) is 11.5 Å². The quantitative estimate of drug-likeness (QED) is 0.767. The number of hydrogen-bond acceptors (Lipinski definition) is 5. The molecule has 0 spiro atoms. The molecule has 3 rings (SSSR count). The lowest BCUT2D eigenvalue weighted by Gasteiger charge is -2.08. The molecule has 0 radical (unpaired) electrons. The van der Waals surface area contributed by atoms with Crippen LogP contribution in [0.1, 0.15) is 0 Å². The van der Waals surface area contributed by atoms with Crippen molar-refractivity contribution in [3.8, 4) is 0 Å². The van der Waals surface area contributed by atoms with Crippen molar-refractivity contribution < 1.29 is 13.2 Å². The fourth-order valence-electron chi connectivity index (χ4n) is 1.83. The summed E-state index contributed by atoms with van der Waals surface area (Å²) in [5.74, 6) is -1.93. The van der Waals surface area contributed by atoms with Gasteiger partial charge in [0.2, 0.25) is 5.95 Å². The SMILES string of the molecule is Fc1cccc(Nc2cnnc(Nc3ccc(F)c(F)c3)n2)c1. The van der Waals surface area contributed by atoms with Gasteiger partial charge in [-0.05, 0) is 30.3 Å². The van der Waals surface area contributed by atoms with E-state index < -0.39 is 17.5 Å². The minimum atomic E-state index is -0.989. The lowest BCUT2D eigenvalue weighted by atomic mass is 10.3. The maximum Gasteiger partial charge on any atom is 0.249 e. The van der Waals surface area contributed by atoms with Crippen molar-refractivity contribution in [1.29, 1.82) is 0 Å². The summed E-state index contributed by atoms with van der Waals surface area (Å²) < 4.78 is 39.2. The van der Waals surface area contributed by atoms with Gasteiger partial charge in [-0.3, -0.25) is 0 Å². The number of aromatic nitrogens is 3. The van der Waals surface area contributed by atoms with Crippen molar-refractivity contribution in [2.75, 3.05) is 10.6 Å². The second-order valence-electron chi connectivity index (χ2n) is 4.55. The molecule has 0 amide bonds.